The van der Waals surface area contributed by atoms with Crippen LogP contribution in [0.2, 0.25) is 0 Å². The molecule has 2 saturated heterocycles. The average Bonchev–Trinajstić information content (AvgIpc) is 1.72. The lowest BCUT2D eigenvalue weighted by molar-refractivity contribution is -0.142. The SMILES string of the molecule is CC(=O)O.CCNC(=O)C1CCCN1C(=O)C(CC(C)C)NC(=O)C(Cc1c[nH]c2ccccc12)NC(=O)C(CCCN=C(N)N)NC(=O)C(Cc1ccc(O)cc1)NC(=O)C(CO)NC(=O)C(Cc1c[nH]c2ccccc12)NC(=O)C(Cc1cnc[nH]1)NC(=O)C1CCC(=O)N1. The first kappa shape index (κ1) is 73.6. The van der Waals surface area contributed by atoms with Crippen LogP contribution in [0.1, 0.15) is 95.0 Å². The van der Waals surface area contributed by atoms with Crippen molar-refractivity contribution in [2.24, 2.45) is 22.4 Å². The Bertz CT molecular complexity index is 3750. The molecule has 3 aromatic carbocycles. The van der Waals surface area contributed by atoms with E-state index in [0.29, 0.717) is 59.2 Å². The van der Waals surface area contributed by atoms with Gasteiger partial charge in [-0.25, -0.2) is 4.98 Å². The minimum Gasteiger partial charge on any atom is -0.508 e. The molecule has 8 rings (SSSR count). The molecule has 5 heterocycles. The molecule has 10 amide bonds. The molecule has 19 N–H and O–H groups in total. The number of carbonyl (C=O) groups is 11. The Morgan fingerprint density at radius 1 is 0.660 bits per heavy atom. The fourth-order valence-electron chi connectivity index (χ4n) is 11.5. The molecule has 3 aromatic heterocycles. The number of amides is 10. The van der Waals surface area contributed by atoms with E-state index in [2.05, 4.69) is 72.8 Å². The number of nitrogens with one attached hydrogen (secondary N) is 12. The lowest BCUT2D eigenvalue weighted by atomic mass is 9.99. The van der Waals surface area contributed by atoms with Gasteiger partial charge in [-0.3, -0.25) is 57.7 Å². The zero-order valence-electron chi connectivity index (χ0n) is 54.4. The van der Waals surface area contributed by atoms with Gasteiger partial charge >= 0.3 is 0 Å². The second kappa shape index (κ2) is 35.6. The number of carbonyl (C=O) groups excluding carboxylic acids is 10. The minimum absolute atomic E-state index is 0.000960. The van der Waals surface area contributed by atoms with Gasteiger partial charge in [0.1, 0.15) is 60.1 Å². The maximum absolute atomic E-state index is 15.0. The highest BCUT2D eigenvalue weighted by molar-refractivity contribution is 6.00. The zero-order valence-corrected chi connectivity index (χ0v) is 54.4. The van der Waals surface area contributed by atoms with E-state index < -0.39 is 114 Å². The number of hydrogen-bond donors (Lipinski definition) is 17. The Morgan fingerprint density at radius 2 is 1.18 bits per heavy atom. The first-order valence-corrected chi connectivity index (χ1v) is 32.1. The number of fused-ring (bicyclic) bond motifs is 2. The van der Waals surface area contributed by atoms with Gasteiger partial charge in [0.25, 0.3) is 5.97 Å². The maximum atomic E-state index is 15.0. The number of aromatic hydroxyl groups is 1. The number of phenols is 1. The number of carboxylic acid groups (broad SMARTS) is 1. The molecule has 520 valence electrons. The lowest BCUT2D eigenvalue weighted by Gasteiger charge is -2.31. The van der Waals surface area contributed by atoms with Gasteiger partial charge in [0.15, 0.2) is 5.96 Å². The summed E-state index contributed by atoms with van der Waals surface area (Å²) in [5.41, 5.74) is 14.8. The van der Waals surface area contributed by atoms with Gasteiger partial charge < -0.3 is 94.5 Å². The molecular weight excluding hydrogens is 1250 g/mol. The van der Waals surface area contributed by atoms with Crippen molar-refractivity contribution in [3.05, 3.63) is 120 Å². The number of aliphatic hydroxyl groups excluding tert-OH is 1. The third kappa shape index (κ3) is 21.6. The number of carboxylic acids is 1. The van der Waals surface area contributed by atoms with E-state index in [9.17, 15) is 53.4 Å². The molecule has 97 heavy (non-hydrogen) atoms. The maximum Gasteiger partial charge on any atom is 0.300 e. The molecule has 2 fully saturated rings. The topological polar surface area (TPSA) is 485 Å². The number of hydrogen-bond acceptors (Lipinski definition) is 15. The number of nitrogens with zero attached hydrogens (tertiary/aromatic N) is 3. The predicted molar refractivity (Wildman–Crippen MR) is 356 cm³/mol. The van der Waals surface area contributed by atoms with E-state index in [0.717, 1.165) is 17.8 Å². The quantitative estimate of drug-likeness (QED) is 0.0141. The number of H-pyrrole nitrogens is 3. The van der Waals surface area contributed by atoms with Crippen LogP contribution >= 0.6 is 0 Å². The number of phenolic OH excluding ortho intramolecular Hbond substituents is 1. The van der Waals surface area contributed by atoms with Crippen LogP contribution in [0.3, 0.4) is 0 Å². The number of imidazole rings is 1. The molecule has 31 heteroatoms. The number of aliphatic hydroxyl groups is 1. The van der Waals surface area contributed by atoms with Crippen molar-refractivity contribution in [2.75, 3.05) is 26.2 Å². The number of benzene rings is 3. The van der Waals surface area contributed by atoms with Gasteiger partial charge in [0.2, 0.25) is 59.1 Å². The molecule has 0 saturated carbocycles. The van der Waals surface area contributed by atoms with Gasteiger partial charge in [-0.2, -0.15) is 0 Å². The molecule has 0 spiro atoms. The highest BCUT2D eigenvalue weighted by Crippen LogP contribution is 2.24. The van der Waals surface area contributed by atoms with Crippen molar-refractivity contribution in [3.63, 3.8) is 0 Å². The number of aromatic nitrogens is 4. The Morgan fingerprint density at radius 3 is 1.69 bits per heavy atom. The number of aliphatic carboxylic acids is 1. The molecule has 2 aliphatic heterocycles. The van der Waals surface area contributed by atoms with E-state index >= 15 is 4.79 Å². The molecule has 6 aromatic rings. The molecule has 0 radical (unpaired) electrons. The van der Waals surface area contributed by atoms with E-state index in [-0.39, 0.29) is 93.8 Å². The first-order chi connectivity index (χ1) is 46.4. The predicted octanol–water partition coefficient (Wildman–Crippen LogP) is -0.669. The smallest absolute Gasteiger partial charge is 0.300 e. The van der Waals surface area contributed by atoms with Gasteiger partial charge in [0.05, 0.1) is 12.9 Å². The van der Waals surface area contributed by atoms with Gasteiger partial charge in [0, 0.05) is 105 Å². The highest BCUT2D eigenvalue weighted by Gasteiger charge is 2.40. The second-order valence-electron chi connectivity index (χ2n) is 24.2. The van der Waals surface area contributed by atoms with Gasteiger partial charge in [-0.1, -0.05) is 62.4 Å². The van der Waals surface area contributed by atoms with Crippen LogP contribution in [0.4, 0.5) is 0 Å². The third-order valence-electron chi connectivity index (χ3n) is 16.3. The highest BCUT2D eigenvalue weighted by atomic mass is 16.4. The minimum atomic E-state index is -1.79. The monoisotopic (exact) mass is 1340 g/mol. The molecule has 0 bridgehead atoms. The number of guanidine groups is 1. The summed E-state index contributed by atoms with van der Waals surface area (Å²) >= 11 is 0. The normalized spacial score (nSPS) is 16.4. The standard InChI is InChI=1S/C64H83N17O12.C2H4O2/c1-4-68-62(92)53-16-10-24-81(53)63(93)51(25-35(2)3)79-58(88)48(27-37-30-70-43-13-7-5-11-41(37)43)76-55(85)45(15-9-23-69-64(65)66)74-57(87)47(26-36-17-19-40(83)20-18-36)75-61(91)52(33-82)80-59(89)49(28-38-31-71-44-14-8-6-12-42(38)44)77-60(90)50(29-39-32-67-34-72-39)78-56(86)46-21-22-54(84)73-46;1-2(3)4/h5-8,11-14,17-20,30-32,34-35,45-53,70-71,82-83H,4,9-10,15-16,21-29,33H2,1-3H3,(H,67,72)(H,68,92)(H,73,84)(H,74,87)(H,75,91)(H,76,85)(H,77,90)(H,78,86)(H,79,88)(H,80,89)(H4,65,66,69);1H3,(H,3,4). The number of rotatable bonds is 32. The van der Waals surface area contributed by atoms with Crippen molar-refractivity contribution in [2.45, 2.75) is 153 Å². The third-order valence-corrected chi connectivity index (χ3v) is 16.3. The second-order valence-corrected chi connectivity index (χ2v) is 24.2. The number of para-hydroxylation sites is 2. The summed E-state index contributed by atoms with van der Waals surface area (Å²) < 4.78 is 0. The van der Waals surface area contributed by atoms with E-state index in [1.807, 2.05) is 44.2 Å². The Hall–Kier alpha value is -10.9. The largest absolute Gasteiger partial charge is 0.508 e. The average molecular weight is 1340 g/mol. The Labute approximate surface area is 558 Å². The number of aromatic amines is 3. The van der Waals surface area contributed by atoms with Crippen molar-refractivity contribution in [1.29, 1.82) is 0 Å². The molecule has 9 unspecified atom stereocenters. The number of nitrogens with two attached hydrogens (primary N) is 2. The number of likely N-dealkylation sites (N-methyl/N-ethyl adjacent to an activating group) is 1. The molecule has 31 nitrogen and oxygen atoms in total. The zero-order chi connectivity index (χ0) is 70.3. The summed E-state index contributed by atoms with van der Waals surface area (Å²) in [6, 6.07) is 8.40. The fraction of sp³-hybridized carbons (Fsp3) is 0.439. The van der Waals surface area contributed by atoms with Crippen LogP contribution in [0, 0.1) is 5.92 Å². The van der Waals surface area contributed by atoms with Crippen LogP contribution in [0.5, 0.6) is 5.75 Å². The van der Waals surface area contributed by atoms with Crippen molar-refractivity contribution in [1.82, 2.24) is 72.7 Å². The Kier molecular flexibility index (Phi) is 27.0. The lowest BCUT2D eigenvalue weighted by Crippen LogP contribution is -2.61. The summed E-state index contributed by atoms with van der Waals surface area (Å²) in [5.74, 6) is -8.42. The summed E-state index contributed by atoms with van der Waals surface area (Å²) in [6.45, 7) is 6.25. The molecule has 0 aliphatic carbocycles. The van der Waals surface area contributed by atoms with Crippen LogP contribution < -0.4 is 59.3 Å². The molecular formula is C66H87N17O14. The van der Waals surface area contributed by atoms with Crippen LogP contribution in [0.25, 0.3) is 21.8 Å². The van der Waals surface area contributed by atoms with Gasteiger partial charge in [-0.15, -0.1) is 0 Å². The Balaban J connectivity index is 0.00000322. The fourth-order valence-corrected chi connectivity index (χ4v) is 11.5. The van der Waals surface area contributed by atoms with E-state index in [4.69, 9.17) is 21.4 Å². The summed E-state index contributed by atoms with van der Waals surface area (Å²) in [7, 11) is 0. The van der Waals surface area contributed by atoms with Crippen LogP contribution in [0.15, 0.2) is 103 Å². The molecule has 9 atom stereocenters. The van der Waals surface area contributed by atoms with Crippen LogP contribution in [-0.2, 0) is 78.4 Å². The van der Waals surface area contributed by atoms with E-state index in [1.54, 1.807) is 37.5 Å². The summed E-state index contributed by atoms with van der Waals surface area (Å²) in [6.07, 6.45) is 6.96. The van der Waals surface area contributed by atoms with Crippen molar-refractivity contribution >= 4 is 92.8 Å². The number of likely N-dealkylation sites (tertiary alicyclic amines) is 1. The van der Waals surface area contributed by atoms with Crippen LogP contribution in [-0.4, -0.2) is 192 Å². The van der Waals surface area contributed by atoms with Gasteiger partial charge in [-0.05, 0) is 92.3 Å². The molecule has 2 aliphatic rings. The first-order valence-electron chi connectivity index (χ1n) is 32.1. The summed E-state index contributed by atoms with van der Waals surface area (Å²) in [5, 5.41) is 54.4. The number of aliphatic imine (C=N–C) groups is 1. The van der Waals surface area contributed by atoms with E-state index in [1.165, 1.54) is 41.7 Å². The summed E-state index contributed by atoms with van der Waals surface area (Å²) in [4.78, 5) is 169. The van der Waals surface area contributed by atoms with Crippen molar-refractivity contribution < 1.29 is 68.1 Å². The van der Waals surface area contributed by atoms with Crippen molar-refractivity contribution in [3.8, 4) is 5.75 Å².